The number of hydrogen-bond acceptors (Lipinski definition) is 5. The minimum atomic E-state index is -0.313. The van der Waals surface area contributed by atoms with Crippen LogP contribution in [0.1, 0.15) is 61.6 Å². The molecule has 0 bridgehead atoms. The number of amides is 1. The van der Waals surface area contributed by atoms with Crippen molar-refractivity contribution in [3.05, 3.63) is 83.0 Å². The molecule has 32 heavy (non-hydrogen) atoms. The van der Waals surface area contributed by atoms with Crippen LogP contribution < -0.4 is 4.74 Å². The summed E-state index contributed by atoms with van der Waals surface area (Å²) in [5.74, 6) is -0.590. The molecule has 1 unspecified atom stereocenters. The van der Waals surface area contributed by atoms with E-state index in [1.165, 1.54) is 11.3 Å². The maximum absolute atomic E-state index is 13.7. The van der Waals surface area contributed by atoms with Crippen molar-refractivity contribution in [3.8, 4) is 5.06 Å². The van der Waals surface area contributed by atoms with Crippen molar-refractivity contribution in [1.29, 1.82) is 0 Å². The lowest BCUT2D eigenvalue weighted by Gasteiger charge is -2.39. The van der Waals surface area contributed by atoms with E-state index in [4.69, 9.17) is 4.74 Å². The Hall–Kier alpha value is -2.99. The Morgan fingerprint density at radius 1 is 1.00 bits per heavy atom. The smallest absolute Gasteiger partial charge is 0.314 e. The number of esters is 1. The van der Waals surface area contributed by atoms with Crippen LogP contribution in [-0.4, -0.2) is 21.8 Å². The maximum atomic E-state index is 13.7. The number of aromatic nitrogens is 1. The average molecular weight is 451 g/mol. The van der Waals surface area contributed by atoms with Crippen LogP contribution in [0.4, 0.5) is 0 Å². The molecular weight excluding hydrogens is 420 g/mol. The first-order valence-corrected chi connectivity index (χ1v) is 11.6. The van der Waals surface area contributed by atoms with Crippen molar-refractivity contribution in [1.82, 2.24) is 9.88 Å². The van der Waals surface area contributed by atoms with Crippen LogP contribution in [0.15, 0.2) is 66.9 Å². The summed E-state index contributed by atoms with van der Waals surface area (Å²) in [5.41, 5.74) is 1.35. The van der Waals surface area contributed by atoms with E-state index in [2.05, 4.69) is 25.8 Å². The molecule has 5 nitrogen and oxygen atoms in total. The van der Waals surface area contributed by atoms with Crippen LogP contribution in [-0.2, 0) is 11.3 Å². The molecule has 0 saturated heterocycles. The summed E-state index contributed by atoms with van der Waals surface area (Å²) in [5, 5.41) is 1.18. The van der Waals surface area contributed by atoms with Gasteiger partial charge in [-0.1, -0.05) is 94.5 Å². The molecule has 0 N–H and O–H groups in total. The molecule has 3 rings (SSSR count). The van der Waals surface area contributed by atoms with Crippen molar-refractivity contribution in [2.75, 3.05) is 0 Å². The first-order chi connectivity index (χ1) is 15.2. The zero-order valence-corrected chi connectivity index (χ0v) is 20.1. The fraction of sp³-hybridized carbons (Fsp3) is 0.346. The van der Waals surface area contributed by atoms with Crippen LogP contribution in [0, 0.1) is 11.3 Å². The normalized spacial score (nSPS) is 12.4. The standard InChI is InChI=1S/C26H30N2O3S/c1-18(2)25(30)31-21-16-27-23(32-21)22(26(3,4)5)28(17-19-12-8-6-9-13-19)24(29)20-14-10-7-11-15-20/h6-16,18,22H,17H2,1-5H3. The predicted molar refractivity (Wildman–Crippen MR) is 128 cm³/mol. The van der Waals surface area contributed by atoms with Crippen molar-refractivity contribution < 1.29 is 14.3 Å². The Balaban J connectivity index is 2.02. The Bertz CT molecular complexity index is 1040. The second kappa shape index (κ2) is 10.1. The largest absolute Gasteiger partial charge is 0.413 e. The van der Waals surface area contributed by atoms with Gasteiger partial charge in [0.2, 0.25) is 5.06 Å². The van der Waals surface area contributed by atoms with Crippen LogP contribution in [0.3, 0.4) is 0 Å². The fourth-order valence-electron chi connectivity index (χ4n) is 3.44. The molecule has 0 aliphatic heterocycles. The molecule has 3 aromatic rings. The molecule has 168 valence electrons. The van der Waals surface area contributed by atoms with Gasteiger partial charge in [-0.2, -0.15) is 0 Å². The third kappa shape index (κ3) is 5.82. The lowest BCUT2D eigenvalue weighted by molar-refractivity contribution is -0.137. The first-order valence-electron chi connectivity index (χ1n) is 10.7. The van der Waals surface area contributed by atoms with E-state index in [-0.39, 0.29) is 29.3 Å². The molecular formula is C26H30N2O3S. The molecule has 0 radical (unpaired) electrons. The van der Waals surface area contributed by atoms with Gasteiger partial charge in [0, 0.05) is 12.1 Å². The number of ether oxygens (including phenoxy) is 1. The van der Waals surface area contributed by atoms with Gasteiger partial charge >= 0.3 is 5.97 Å². The summed E-state index contributed by atoms with van der Waals surface area (Å²) in [4.78, 5) is 32.2. The quantitative estimate of drug-likeness (QED) is 0.406. The molecule has 0 spiro atoms. The predicted octanol–water partition coefficient (Wildman–Crippen LogP) is 6.13. The van der Waals surface area contributed by atoms with E-state index in [0.717, 1.165) is 10.6 Å². The monoisotopic (exact) mass is 450 g/mol. The number of carbonyl (C=O) groups is 2. The van der Waals surface area contributed by atoms with Gasteiger partial charge in [-0.3, -0.25) is 9.59 Å². The van der Waals surface area contributed by atoms with Crippen molar-refractivity contribution >= 4 is 23.2 Å². The fourth-order valence-corrected chi connectivity index (χ4v) is 4.57. The molecule has 6 heteroatoms. The molecule has 0 aliphatic carbocycles. The number of rotatable bonds is 7. The number of nitrogens with zero attached hydrogens (tertiary/aromatic N) is 2. The van der Waals surface area contributed by atoms with Gasteiger partial charge in [0.05, 0.1) is 18.2 Å². The highest BCUT2D eigenvalue weighted by Crippen LogP contribution is 2.42. The Labute approximate surface area is 194 Å². The van der Waals surface area contributed by atoms with E-state index < -0.39 is 0 Å². The van der Waals surface area contributed by atoms with Gasteiger partial charge < -0.3 is 9.64 Å². The van der Waals surface area contributed by atoms with Crippen LogP contribution in [0.25, 0.3) is 0 Å². The van der Waals surface area contributed by atoms with Gasteiger partial charge in [0.25, 0.3) is 5.91 Å². The molecule has 2 aromatic carbocycles. The molecule has 0 aliphatic rings. The van der Waals surface area contributed by atoms with Crippen molar-refractivity contribution in [2.24, 2.45) is 11.3 Å². The van der Waals surface area contributed by atoms with Gasteiger partial charge in [0.15, 0.2) is 0 Å². The van der Waals surface area contributed by atoms with Gasteiger partial charge in [0.1, 0.15) is 5.01 Å². The highest BCUT2D eigenvalue weighted by molar-refractivity contribution is 7.13. The van der Waals surface area contributed by atoms with E-state index in [0.29, 0.717) is 17.2 Å². The van der Waals surface area contributed by atoms with Crippen LogP contribution in [0.5, 0.6) is 5.06 Å². The summed E-state index contributed by atoms with van der Waals surface area (Å²) in [7, 11) is 0. The summed E-state index contributed by atoms with van der Waals surface area (Å²) < 4.78 is 5.48. The number of thiazole rings is 1. The third-order valence-corrected chi connectivity index (χ3v) is 5.95. The molecule has 1 amide bonds. The minimum absolute atomic E-state index is 0.0645. The second-order valence-corrected chi connectivity index (χ2v) is 10.2. The zero-order valence-electron chi connectivity index (χ0n) is 19.2. The summed E-state index contributed by atoms with van der Waals surface area (Å²) in [6.07, 6.45) is 1.58. The molecule has 1 atom stereocenters. The SMILES string of the molecule is CC(C)C(=O)Oc1cnc(C(N(Cc2ccccc2)C(=O)c2ccccc2)C(C)(C)C)s1. The molecule has 1 heterocycles. The lowest BCUT2D eigenvalue weighted by Crippen LogP contribution is -2.40. The van der Waals surface area contributed by atoms with Gasteiger partial charge in [-0.05, 0) is 23.1 Å². The van der Waals surface area contributed by atoms with Crippen molar-refractivity contribution in [2.45, 2.75) is 47.2 Å². The Morgan fingerprint density at radius 3 is 2.16 bits per heavy atom. The summed E-state index contributed by atoms with van der Waals surface area (Å²) >= 11 is 1.32. The van der Waals surface area contributed by atoms with E-state index in [9.17, 15) is 9.59 Å². The summed E-state index contributed by atoms with van der Waals surface area (Å²) in [6.45, 7) is 10.3. The van der Waals surface area contributed by atoms with Crippen LogP contribution in [0.2, 0.25) is 0 Å². The maximum Gasteiger partial charge on any atom is 0.314 e. The lowest BCUT2D eigenvalue weighted by atomic mass is 9.85. The van der Waals surface area contributed by atoms with Gasteiger partial charge in [-0.25, -0.2) is 4.98 Å². The molecule has 0 saturated carbocycles. The molecule has 0 fully saturated rings. The highest BCUT2D eigenvalue weighted by Gasteiger charge is 2.37. The number of carbonyl (C=O) groups excluding carboxylic acids is 2. The van der Waals surface area contributed by atoms with E-state index >= 15 is 0 Å². The summed E-state index contributed by atoms with van der Waals surface area (Å²) in [6, 6.07) is 18.9. The zero-order chi connectivity index (χ0) is 23.3. The van der Waals surface area contributed by atoms with E-state index in [1.54, 1.807) is 20.0 Å². The van der Waals surface area contributed by atoms with E-state index in [1.807, 2.05) is 65.6 Å². The minimum Gasteiger partial charge on any atom is -0.413 e. The van der Waals surface area contributed by atoms with Crippen LogP contribution >= 0.6 is 11.3 Å². The number of benzene rings is 2. The molecule has 1 aromatic heterocycles. The van der Waals surface area contributed by atoms with Crippen molar-refractivity contribution in [3.63, 3.8) is 0 Å². The Kier molecular flexibility index (Phi) is 7.46. The van der Waals surface area contributed by atoms with Gasteiger partial charge in [-0.15, -0.1) is 0 Å². The first kappa shape index (κ1) is 23.7. The third-order valence-electron chi connectivity index (χ3n) is 5.02. The second-order valence-electron chi connectivity index (χ2n) is 9.15. The Morgan fingerprint density at radius 2 is 1.59 bits per heavy atom. The topological polar surface area (TPSA) is 59.5 Å². The highest BCUT2D eigenvalue weighted by atomic mass is 32.1. The number of hydrogen-bond donors (Lipinski definition) is 0. The average Bonchev–Trinajstić information content (AvgIpc) is 3.20.